The van der Waals surface area contributed by atoms with Crippen molar-refractivity contribution in [2.75, 3.05) is 0 Å². The molecule has 0 radical (unpaired) electrons. The molecular weight excluding hydrogens is 402 g/mol. The Morgan fingerprint density at radius 1 is 0.938 bits per heavy atom. The first-order valence-corrected chi connectivity index (χ1v) is 10.5. The maximum atomic E-state index is 13.2. The molecule has 2 unspecified atom stereocenters. The van der Waals surface area contributed by atoms with Gasteiger partial charge in [-0.05, 0) is 36.2 Å². The van der Waals surface area contributed by atoms with Crippen LogP contribution in [0.3, 0.4) is 0 Å². The van der Waals surface area contributed by atoms with Crippen molar-refractivity contribution >= 4 is 16.9 Å². The second-order valence-electron chi connectivity index (χ2n) is 7.84. The van der Waals surface area contributed by atoms with E-state index >= 15 is 0 Å². The summed E-state index contributed by atoms with van der Waals surface area (Å²) >= 11 is 0. The quantitative estimate of drug-likeness (QED) is 0.305. The van der Waals surface area contributed by atoms with Crippen molar-refractivity contribution < 1.29 is 18.7 Å². The van der Waals surface area contributed by atoms with Gasteiger partial charge < -0.3 is 13.9 Å². The van der Waals surface area contributed by atoms with Gasteiger partial charge >= 0.3 is 5.97 Å². The molecule has 4 rings (SSSR count). The molecule has 0 saturated heterocycles. The van der Waals surface area contributed by atoms with Crippen LogP contribution in [0.15, 0.2) is 89.5 Å². The number of nitriles is 1. The first-order chi connectivity index (χ1) is 15.6. The molecule has 3 aromatic carbocycles. The topological polar surface area (TPSA) is 72.5 Å². The molecule has 0 aliphatic rings. The van der Waals surface area contributed by atoms with E-state index in [9.17, 15) is 10.1 Å². The third-order valence-electron chi connectivity index (χ3n) is 5.26. The fourth-order valence-electron chi connectivity index (χ4n) is 3.72. The summed E-state index contributed by atoms with van der Waals surface area (Å²) in [5.74, 6) is 0.175. The van der Waals surface area contributed by atoms with Gasteiger partial charge in [0, 0.05) is 16.5 Å². The van der Waals surface area contributed by atoms with E-state index in [2.05, 4.69) is 6.07 Å². The lowest BCUT2D eigenvalue weighted by Crippen LogP contribution is -2.22. The first-order valence-electron chi connectivity index (χ1n) is 10.5. The van der Waals surface area contributed by atoms with E-state index in [1.54, 1.807) is 30.5 Å². The Kier molecular flexibility index (Phi) is 6.23. The fourth-order valence-corrected chi connectivity index (χ4v) is 3.72. The van der Waals surface area contributed by atoms with E-state index in [1.807, 2.05) is 68.4 Å². The summed E-state index contributed by atoms with van der Waals surface area (Å²) in [5.41, 5.74) is 2.02. The van der Waals surface area contributed by atoms with Crippen molar-refractivity contribution in [2.45, 2.75) is 25.9 Å². The molecule has 0 aliphatic heterocycles. The number of ether oxygens (including phenoxy) is 2. The second-order valence-corrected chi connectivity index (χ2v) is 7.84. The second kappa shape index (κ2) is 9.40. The molecule has 0 amide bonds. The number of nitrogens with zero attached hydrogens (tertiary/aromatic N) is 1. The van der Waals surface area contributed by atoms with Gasteiger partial charge in [-0.2, -0.15) is 5.26 Å². The highest BCUT2D eigenvalue weighted by Gasteiger charge is 2.31. The number of benzene rings is 3. The molecule has 0 fully saturated rings. The van der Waals surface area contributed by atoms with E-state index in [4.69, 9.17) is 13.9 Å². The van der Waals surface area contributed by atoms with Crippen LogP contribution in [0.1, 0.15) is 37.0 Å². The molecule has 0 spiro atoms. The Balaban J connectivity index is 1.57. The van der Waals surface area contributed by atoms with Crippen molar-refractivity contribution in [1.29, 1.82) is 5.26 Å². The molecule has 0 N–H and O–H groups in total. The Morgan fingerprint density at radius 3 is 2.41 bits per heavy atom. The number of hydrogen-bond acceptors (Lipinski definition) is 5. The predicted molar refractivity (Wildman–Crippen MR) is 121 cm³/mol. The molecule has 4 aromatic rings. The SMILES string of the molecule is CC(C)C(C(=O)OC(C#N)c1cccc(Oc2ccccc2)c1)c1coc2ccccc12. The van der Waals surface area contributed by atoms with Crippen LogP contribution in [0.5, 0.6) is 11.5 Å². The third-order valence-corrected chi connectivity index (χ3v) is 5.26. The van der Waals surface area contributed by atoms with Crippen LogP contribution in [0, 0.1) is 17.2 Å². The largest absolute Gasteiger partial charge is 0.464 e. The molecule has 0 aliphatic carbocycles. The van der Waals surface area contributed by atoms with Crippen molar-refractivity contribution in [1.82, 2.24) is 0 Å². The summed E-state index contributed by atoms with van der Waals surface area (Å²) in [6.45, 7) is 3.90. The van der Waals surface area contributed by atoms with Gasteiger partial charge in [-0.1, -0.05) is 62.4 Å². The van der Waals surface area contributed by atoms with Crippen LogP contribution in [0.2, 0.25) is 0 Å². The van der Waals surface area contributed by atoms with E-state index in [1.165, 1.54) is 0 Å². The molecule has 160 valence electrons. The maximum absolute atomic E-state index is 13.2. The standard InChI is InChI=1S/C27H23NO4/c1-18(2)26(23-17-30-24-14-7-6-13-22(23)24)27(29)32-25(16-28)19-9-8-12-21(15-19)31-20-10-4-3-5-11-20/h3-15,17-18,25-26H,1-2H3. The number of carbonyl (C=O) groups is 1. The lowest BCUT2D eigenvalue weighted by Gasteiger charge is -2.21. The molecular formula is C27H23NO4. The number of rotatable bonds is 7. The average molecular weight is 425 g/mol. The maximum Gasteiger partial charge on any atom is 0.315 e. The molecule has 2 atom stereocenters. The summed E-state index contributed by atoms with van der Waals surface area (Å²) in [6.07, 6.45) is 0.549. The van der Waals surface area contributed by atoms with Crippen molar-refractivity contribution in [3.8, 4) is 17.6 Å². The summed E-state index contributed by atoms with van der Waals surface area (Å²) in [5, 5.41) is 10.6. The van der Waals surface area contributed by atoms with Crippen LogP contribution in [-0.2, 0) is 9.53 Å². The van der Waals surface area contributed by atoms with Gasteiger partial charge in [0.2, 0.25) is 6.10 Å². The number of carbonyl (C=O) groups excluding carboxylic acids is 1. The molecule has 1 heterocycles. The highest BCUT2D eigenvalue weighted by atomic mass is 16.5. The van der Waals surface area contributed by atoms with E-state index in [0.717, 1.165) is 10.9 Å². The number of esters is 1. The summed E-state index contributed by atoms with van der Waals surface area (Å²) in [6, 6.07) is 26.0. The molecule has 5 nitrogen and oxygen atoms in total. The van der Waals surface area contributed by atoms with E-state index in [0.29, 0.717) is 22.6 Å². The zero-order chi connectivity index (χ0) is 22.5. The molecule has 0 saturated carbocycles. The van der Waals surface area contributed by atoms with Gasteiger partial charge in [0.25, 0.3) is 0 Å². The lowest BCUT2D eigenvalue weighted by molar-refractivity contribution is -0.150. The van der Waals surface area contributed by atoms with Crippen molar-refractivity contribution in [3.05, 3.63) is 96.3 Å². The molecule has 5 heteroatoms. The fraction of sp³-hybridized carbons (Fsp3) is 0.185. The number of hydrogen-bond donors (Lipinski definition) is 0. The molecule has 32 heavy (non-hydrogen) atoms. The molecule has 1 aromatic heterocycles. The Hall–Kier alpha value is -4.04. The highest BCUT2D eigenvalue weighted by molar-refractivity contribution is 5.89. The highest BCUT2D eigenvalue weighted by Crippen LogP contribution is 2.35. The summed E-state index contributed by atoms with van der Waals surface area (Å²) in [4.78, 5) is 13.2. The molecule has 0 bridgehead atoms. The van der Waals surface area contributed by atoms with E-state index in [-0.39, 0.29) is 5.92 Å². The third kappa shape index (κ3) is 4.50. The van der Waals surface area contributed by atoms with Crippen LogP contribution >= 0.6 is 0 Å². The first kappa shape index (κ1) is 21.2. The monoisotopic (exact) mass is 425 g/mol. The summed E-state index contributed by atoms with van der Waals surface area (Å²) < 4.78 is 17.2. The van der Waals surface area contributed by atoms with Crippen molar-refractivity contribution in [2.24, 2.45) is 5.92 Å². The van der Waals surface area contributed by atoms with Crippen molar-refractivity contribution in [3.63, 3.8) is 0 Å². The van der Waals surface area contributed by atoms with Gasteiger partial charge in [0.1, 0.15) is 23.2 Å². The summed E-state index contributed by atoms with van der Waals surface area (Å²) in [7, 11) is 0. The number of furan rings is 1. The normalized spacial score (nSPS) is 12.8. The van der Waals surface area contributed by atoms with Gasteiger partial charge in [-0.15, -0.1) is 0 Å². The Bertz CT molecular complexity index is 1250. The van der Waals surface area contributed by atoms with Gasteiger partial charge in [0.05, 0.1) is 12.2 Å². The van der Waals surface area contributed by atoms with Crippen LogP contribution in [0.4, 0.5) is 0 Å². The minimum absolute atomic E-state index is 0.0457. The zero-order valence-electron chi connectivity index (χ0n) is 17.9. The number of fused-ring (bicyclic) bond motifs is 1. The minimum atomic E-state index is -1.05. The lowest BCUT2D eigenvalue weighted by atomic mass is 9.88. The van der Waals surface area contributed by atoms with E-state index < -0.39 is 18.0 Å². The Morgan fingerprint density at radius 2 is 1.66 bits per heavy atom. The van der Waals surface area contributed by atoms with Gasteiger partial charge in [0.15, 0.2) is 0 Å². The van der Waals surface area contributed by atoms with Gasteiger partial charge in [-0.3, -0.25) is 4.79 Å². The van der Waals surface area contributed by atoms with Gasteiger partial charge in [-0.25, -0.2) is 0 Å². The van der Waals surface area contributed by atoms with Crippen LogP contribution in [0.25, 0.3) is 11.0 Å². The smallest absolute Gasteiger partial charge is 0.315 e. The Labute approximate surface area is 186 Å². The number of para-hydroxylation sites is 2. The zero-order valence-corrected chi connectivity index (χ0v) is 17.9. The van der Waals surface area contributed by atoms with Crippen LogP contribution in [-0.4, -0.2) is 5.97 Å². The van der Waals surface area contributed by atoms with Crippen LogP contribution < -0.4 is 4.74 Å². The predicted octanol–water partition coefficient (Wildman–Crippen LogP) is 6.77. The minimum Gasteiger partial charge on any atom is -0.464 e. The average Bonchev–Trinajstić information content (AvgIpc) is 3.22.